The Kier molecular flexibility index (Phi) is 11.2. The molecule has 1 saturated heterocycles. The van der Waals surface area contributed by atoms with E-state index in [9.17, 15) is 33.0 Å². The Hall–Kier alpha value is -1.96. The number of aromatic nitrogens is 2. The summed E-state index contributed by atoms with van der Waals surface area (Å²) in [5.74, 6) is 4.85. The van der Waals surface area contributed by atoms with Crippen molar-refractivity contribution >= 4 is 29.4 Å². The van der Waals surface area contributed by atoms with E-state index in [1.54, 1.807) is 0 Å². The molecule has 1 aliphatic rings. The highest BCUT2D eigenvalue weighted by Crippen LogP contribution is 2.66. The van der Waals surface area contributed by atoms with Crippen LogP contribution >= 0.6 is 23.5 Å². The molecule has 0 spiro atoms. The minimum Gasteiger partial charge on any atom is -0.352 e. The molecule has 0 aromatic carbocycles. The molecule has 0 saturated carbocycles. The van der Waals surface area contributed by atoms with Crippen molar-refractivity contribution in [2.75, 3.05) is 19.7 Å². The summed E-state index contributed by atoms with van der Waals surface area (Å²) in [5.41, 5.74) is 3.62. The zero-order chi connectivity index (χ0) is 27.9. The maximum atomic E-state index is 12.2. The van der Waals surface area contributed by atoms with Gasteiger partial charge >= 0.3 is 29.2 Å². The van der Waals surface area contributed by atoms with Crippen LogP contribution in [0.2, 0.25) is 0 Å². The molecule has 2 rings (SSSR count). The monoisotopic (exact) mass is 590 g/mol. The predicted molar refractivity (Wildman–Crippen MR) is 122 cm³/mol. The van der Waals surface area contributed by atoms with Crippen LogP contribution in [0.4, 0.5) is 0 Å². The van der Waals surface area contributed by atoms with Crippen molar-refractivity contribution in [3.05, 3.63) is 32.6 Å². The molecule has 37 heavy (non-hydrogen) atoms. The highest BCUT2D eigenvalue weighted by Gasteiger charge is 2.41. The Morgan fingerprint density at radius 2 is 1.89 bits per heavy atom. The Bertz CT molecular complexity index is 1290. The number of rotatable bonds is 12. The maximum Gasteiger partial charge on any atom is 0.490 e. The quantitative estimate of drug-likeness (QED) is 0.111. The summed E-state index contributed by atoms with van der Waals surface area (Å²) < 4.78 is 52.2. The Balaban J connectivity index is 1.99. The standard InChI is InChI=1S/C16H25N4O14P3/c17-7-1-4-13(21)18-8-2-3-11-9-20(16(23)19-15(11)22)14-6-5-12(32-14)10-31-36(27,28)34-37(29,30)33-35(24,25)26/h9,12,14H,1,4-8,10,17H2,(H,18,21)(H,27,28)(H,29,30)(H,19,22,23)(H2,24,25,26)/t12-,14+/m0/s1. The van der Waals surface area contributed by atoms with Gasteiger partial charge in [0.25, 0.3) is 5.56 Å². The molecule has 208 valence electrons. The van der Waals surface area contributed by atoms with Crippen LogP contribution in [-0.2, 0) is 36.4 Å². The third kappa shape index (κ3) is 11.1. The van der Waals surface area contributed by atoms with Gasteiger partial charge in [-0.1, -0.05) is 11.8 Å². The molecule has 0 aliphatic carbocycles. The van der Waals surface area contributed by atoms with Gasteiger partial charge in [0.2, 0.25) is 5.91 Å². The van der Waals surface area contributed by atoms with Gasteiger partial charge in [-0.25, -0.2) is 18.5 Å². The third-order valence-corrected chi connectivity index (χ3v) is 8.21. The fraction of sp³-hybridized carbons (Fsp3) is 0.562. The Morgan fingerprint density at radius 3 is 2.54 bits per heavy atom. The second kappa shape index (κ2) is 13.2. The number of ether oxygens (including phenoxy) is 1. The average molecular weight is 590 g/mol. The molecule has 1 aliphatic heterocycles. The molecule has 8 N–H and O–H groups in total. The van der Waals surface area contributed by atoms with Crippen molar-refractivity contribution < 1.29 is 55.9 Å². The first-order valence-corrected chi connectivity index (χ1v) is 14.9. The molecule has 1 fully saturated rings. The lowest BCUT2D eigenvalue weighted by Crippen LogP contribution is -2.33. The molecule has 0 radical (unpaired) electrons. The lowest BCUT2D eigenvalue weighted by molar-refractivity contribution is -0.120. The van der Waals surface area contributed by atoms with Crippen molar-refractivity contribution in [2.45, 2.75) is 38.0 Å². The normalized spacial score (nSPS) is 20.9. The minimum absolute atomic E-state index is 0.0510. The van der Waals surface area contributed by atoms with Gasteiger partial charge in [0, 0.05) is 12.6 Å². The highest BCUT2D eigenvalue weighted by atomic mass is 31.3. The van der Waals surface area contributed by atoms with E-state index < -0.39 is 53.7 Å². The van der Waals surface area contributed by atoms with Crippen LogP contribution < -0.4 is 22.3 Å². The molecule has 1 amide bonds. The Labute approximate surface area is 208 Å². The zero-order valence-corrected chi connectivity index (χ0v) is 21.6. The molecule has 2 unspecified atom stereocenters. The third-order valence-electron chi connectivity index (χ3n) is 4.41. The number of nitrogens with two attached hydrogens (primary N) is 1. The summed E-state index contributed by atoms with van der Waals surface area (Å²) in [6.45, 7) is -0.377. The number of aromatic amines is 1. The van der Waals surface area contributed by atoms with Crippen LogP contribution in [0.25, 0.3) is 0 Å². The van der Waals surface area contributed by atoms with E-state index in [0.717, 1.165) is 10.8 Å². The summed E-state index contributed by atoms with van der Waals surface area (Å²) in [6.07, 6.45) is 0.351. The van der Waals surface area contributed by atoms with Crippen molar-refractivity contribution in [2.24, 2.45) is 5.73 Å². The maximum absolute atomic E-state index is 12.2. The molecule has 1 aromatic rings. The number of carbonyl (C=O) groups is 1. The van der Waals surface area contributed by atoms with Gasteiger partial charge in [-0.2, -0.15) is 8.62 Å². The number of nitrogens with zero attached hydrogens (tertiary/aromatic N) is 1. The second-order valence-corrected chi connectivity index (χ2v) is 11.8. The van der Waals surface area contributed by atoms with Gasteiger partial charge in [0.15, 0.2) is 0 Å². The molecule has 2 heterocycles. The van der Waals surface area contributed by atoms with Crippen LogP contribution in [0.15, 0.2) is 15.8 Å². The molecule has 18 nitrogen and oxygen atoms in total. The summed E-state index contributed by atoms with van der Waals surface area (Å²) in [4.78, 5) is 73.6. The van der Waals surface area contributed by atoms with Gasteiger partial charge in [-0.05, 0) is 25.8 Å². The topological polar surface area (TPSA) is 279 Å². The van der Waals surface area contributed by atoms with Gasteiger partial charge in [0.05, 0.1) is 19.3 Å². The molecular formula is C16H25N4O14P3. The van der Waals surface area contributed by atoms with E-state index in [2.05, 4.69) is 35.3 Å². The van der Waals surface area contributed by atoms with Crippen molar-refractivity contribution in [3.8, 4) is 11.8 Å². The van der Waals surface area contributed by atoms with Crippen LogP contribution in [0.1, 0.15) is 37.5 Å². The lowest BCUT2D eigenvalue weighted by atomic mass is 10.2. The molecule has 4 atom stereocenters. The number of H-pyrrole nitrogens is 1. The van der Waals surface area contributed by atoms with E-state index in [1.165, 1.54) is 0 Å². The number of amides is 1. The van der Waals surface area contributed by atoms with E-state index >= 15 is 0 Å². The average Bonchev–Trinajstić information content (AvgIpc) is 3.21. The summed E-state index contributed by atoms with van der Waals surface area (Å²) in [6, 6.07) is 0. The van der Waals surface area contributed by atoms with E-state index in [-0.39, 0.29) is 37.3 Å². The van der Waals surface area contributed by atoms with E-state index in [1.807, 2.05) is 0 Å². The summed E-state index contributed by atoms with van der Waals surface area (Å²) >= 11 is 0. The molecule has 0 bridgehead atoms. The summed E-state index contributed by atoms with van der Waals surface area (Å²) in [7, 11) is -16.5. The largest absolute Gasteiger partial charge is 0.490 e. The van der Waals surface area contributed by atoms with Gasteiger partial charge < -0.3 is 35.4 Å². The van der Waals surface area contributed by atoms with Crippen molar-refractivity contribution in [3.63, 3.8) is 0 Å². The number of carbonyl (C=O) groups excluding carboxylic acids is 1. The predicted octanol–water partition coefficient (Wildman–Crippen LogP) is -1.24. The first-order valence-electron chi connectivity index (χ1n) is 10.4. The van der Waals surface area contributed by atoms with E-state index in [0.29, 0.717) is 13.0 Å². The fourth-order valence-corrected chi connectivity index (χ4v) is 5.97. The SMILES string of the molecule is NCCCC(=O)NCC#Cc1cn([C@H]2CC[C@@H](COP(=O)(O)OP(=O)(O)OP(=O)(O)O)O2)c(=O)[nH]c1=O. The van der Waals surface area contributed by atoms with Crippen LogP contribution in [0, 0.1) is 11.8 Å². The number of phosphoric acid groups is 3. The van der Waals surface area contributed by atoms with Gasteiger partial charge in [0.1, 0.15) is 11.8 Å². The second-order valence-electron chi connectivity index (χ2n) is 7.36. The first kappa shape index (κ1) is 31.3. The number of nitrogens with one attached hydrogen (secondary N) is 2. The Morgan fingerprint density at radius 1 is 1.19 bits per heavy atom. The smallest absolute Gasteiger partial charge is 0.352 e. The van der Waals surface area contributed by atoms with Crippen LogP contribution in [-0.4, -0.2) is 60.8 Å². The molecule has 1 aromatic heterocycles. The summed E-state index contributed by atoms with van der Waals surface area (Å²) in [5, 5.41) is 2.52. The van der Waals surface area contributed by atoms with Gasteiger partial charge in [-0.3, -0.25) is 23.7 Å². The molecule has 21 heteroatoms. The number of hydrogen-bond acceptors (Lipinski definition) is 11. The lowest BCUT2D eigenvalue weighted by Gasteiger charge is -2.19. The van der Waals surface area contributed by atoms with Crippen molar-refractivity contribution in [1.29, 1.82) is 0 Å². The van der Waals surface area contributed by atoms with Crippen molar-refractivity contribution in [1.82, 2.24) is 14.9 Å². The van der Waals surface area contributed by atoms with Gasteiger partial charge in [-0.15, -0.1) is 0 Å². The van der Waals surface area contributed by atoms with E-state index in [4.69, 9.17) is 25.2 Å². The van der Waals surface area contributed by atoms with Crippen LogP contribution in [0.5, 0.6) is 0 Å². The number of phosphoric ester groups is 1. The highest BCUT2D eigenvalue weighted by molar-refractivity contribution is 7.66. The molecular weight excluding hydrogens is 565 g/mol. The zero-order valence-electron chi connectivity index (χ0n) is 18.9. The first-order chi connectivity index (χ1) is 17.1. The fourth-order valence-electron chi connectivity index (χ4n) is 2.92. The minimum atomic E-state index is -5.66. The van der Waals surface area contributed by atoms with Crippen LogP contribution in [0.3, 0.4) is 0 Å². The number of hydrogen-bond donors (Lipinski definition) is 7.